The molecule has 78 valence electrons. The Hall–Kier alpha value is -0.820. The van der Waals surface area contributed by atoms with Gasteiger partial charge >= 0.3 is 0 Å². The second-order valence-corrected chi connectivity index (χ2v) is 4.00. The smallest absolute Gasteiger partial charge is 0.0105 e. The van der Waals surface area contributed by atoms with E-state index >= 15 is 0 Å². The molecule has 0 aliphatic carbocycles. The minimum atomic E-state index is 0.294. The Morgan fingerprint density at radius 1 is 1.07 bits per heavy atom. The van der Waals surface area contributed by atoms with E-state index < -0.39 is 0 Å². The summed E-state index contributed by atoms with van der Waals surface area (Å²) in [5.41, 5.74) is 8.79. The zero-order chi connectivity index (χ0) is 10.6. The fourth-order valence-corrected chi connectivity index (χ4v) is 1.88. The molecule has 1 rings (SSSR count). The highest BCUT2D eigenvalue weighted by molar-refractivity contribution is 5.25. The molecule has 0 amide bonds. The zero-order valence-corrected chi connectivity index (χ0v) is 9.46. The summed E-state index contributed by atoms with van der Waals surface area (Å²) in [6.07, 6.45) is 2.17. The first-order valence-electron chi connectivity index (χ1n) is 5.51. The second kappa shape index (κ2) is 5.16. The molecule has 1 aromatic carbocycles. The number of hydrogen-bond donors (Lipinski definition) is 1. The summed E-state index contributed by atoms with van der Waals surface area (Å²) >= 11 is 0. The third kappa shape index (κ3) is 2.58. The average molecular weight is 191 g/mol. The van der Waals surface area contributed by atoms with E-state index in [0.29, 0.717) is 12.0 Å². The maximum atomic E-state index is 6.10. The number of rotatable bonds is 4. The maximum Gasteiger partial charge on any atom is 0.0105 e. The molecule has 2 atom stereocenters. The molecular weight excluding hydrogens is 170 g/mol. The first-order chi connectivity index (χ1) is 6.69. The van der Waals surface area contributed by atoms with Crippen LogP contribution in [0.5, 0.6) is 0 Å². The van der Waals surface area contributed by atoms with Crippen LogP contribution in [0.1, 0.15) is 43.7 Å². The third-order valence-electron chi connectivity index (χ3n) is 2.93. The molecule has 14 heavy (non-hydrogen) atoms. The Bertz CT molecular complexity index is 263. The molecule has 0 aliphatic heterocycles. The van der Waals surface area contributed by atoms with Crippen molar-refractivity contribution < 1.29 is 0 Å². The quantitative estimate of drug-likeness (QED) is 0.777. The van der Waals surface area contributed by atoms with E-state index in [4.69, 9.17) is 5.73 Å². The molecule has 1 heteroatoms. The summed E-state index contributed by atoms with van der Waals surface area (Å²) in [6.45, 7) is 6.48. The van der Waals surface area contributed by atoms with E-state index in [1.165, 1.54) is 11.1 Å². The minimum Gasteiger partial charge on any atom is -0.327 e. The molecule has 2 unspecified atom stereocenters. The van der Waals surface area contributed by atoms with Gasteiger partial charge in [0.25, 0.3) is 0 Å². The SMILES string of the molecule is CCC(N)C(CC)c1ccc(C)cc1. The van der Waals surface area contributed by atoms with Gasteiger partial charge in [-0.1, -0.05) is 43.7 Å². The predicted molar refractivity (Wildman–Crippen MR) is 62.5 cm³/mol. The third-order valence-corrected chi connectivity index (χ3v) is 2.93. The molecule has 0 fully saturated rings. The molecule has 0 aromatic heterocycles. The van der Waals surface area contributed by atoms with Gasteiger partial charge in [-0.25, -0.2) is 0 Å². The molecular formula is C13H21N. The van der Waals surface area contributed by atoms with Crippen LogP contribution in [-0.2, 0) is 0 Å². The number of aryl methyl sites for hydroxylation is 1. The predicted octanol–water partition coefficient (Wildman–Crippen LogP) is 3.23. The molecule has 0 bridgehead atoms. The fraction of sp³-hybridized carbons (Fsp3) is 0.538. The van der Waals surface area contributed by atoms with E-state index in [9.17, 15) is 0 Å². The Morgan fingerprint density at radius 3 is 2.07 bits per heavy atom. The Balaban J connectivity index is 2.84. The molecule has 0 aliphatic rings. The first kappa shape index (κ1) is 11.3. The highest BCUT2D eigenvalue weighted by Gasteiger charge is 2.15. The van der Waals surface area contributed by atoms with Crippen molar-refractivity contribution in [1.29, 1.82) is 0 Å². The van der Waals surface area contributed by atoms with Crippen molar-refractivity contribution >= 4 is 0 Å². The molecule has 0 radical (unpaired) electrons. The average Bonchev–Trinajstić information content (AvgIpc) is 2.21. The standard InChI is InChI=1S/C13H21N/c1-4-12(13(14)5-2)11-8-6-10(3)7-9-11/h6-9,12-13H,4-5,14H2,1-3H3. The van der Waals surface area contributed by atoms with Crippen LogP contribution in [0.2, 0.25) is 0 Å². The van der Waals surface area contributed by atoms with Crippen LogP contribution in [-0.4, -0.2) is 6.04 Å². The van der Waals surface area contributed by atoms with E-state index in [1.54, 1.807) is 0 Å². The van der Waals surface area contributed by atoms with Gasteiger partial charge < -0.3 is 5.73 Å². The Morgan fingerprint density at radius 2 is 1.64 bits per heavy atom. The van der Waals surface area contributed by atoms with Crippen LogP contribution in [0.25, 0.3) is 0 Å². The summed E-state index contributed by atoms with van der Waals surface area (Å²) in [5.74, 6) is 0.514. The summed E-state index contributed by atoms with van der Waals surface area (Å²) in [4.78, 5) is 0. The Labute approximate surface area is 87.3 Å². The number of hydrogen-bond acceptors (Lipinski definition) is 1. The van der Waals surface area contributed by atoms with Crippen LogP contribution < -0.4 is 5.73 Å². The number of benzene rings is 1. The van der Waals surface area contributed by atoms with Crippen LogP contribution in [0.4, 0.5) is 0 Å². The van der Waals surface area contributed by atoms with Gasteiger partial charge in [0, 0.05) is 6.04 Å². The van der Waals surface area contributed by atoms with Crippen LogP contribution in [0.3, 0.4) is 0 Å². The van der Waals surface area contributed by atoms with E-state index in [1.807, 2.05) is 0 Å². The lowest BCUT2D eigenvalue weighted by Gasteiger charge is -2.21. The van der Waals surface area contributed by atoms with Gasteiger partial charge in [-0.15, -0.1) is 0 Å². The summed E-state index contributed by atoms with van der Waals surface area (Å²) < 4.78 is 0. The zero-order valence-electron chi connectivity index (χ0n) is 9.46. The van der Waals surface area contributed by atoms with Gasteiger partial charge in [0.15, 0.2) is 0 Å². The van der Waals surface area contributed by atoms with Crippen molar-refractivity contribution in [2.75, 3.05) is 0 Å². The van der Waals surface area contributed by atoms with Crippen LogP contribution >= 0.6 is 0 Å². The lowest BCUT2D eigenvalue weighted by atomic mass is 9.88. The monoisotopic (exact) mass is 191 g/mol. The normalized spacial score (nSPS) is 15.1. The van der Waals surface area contributed by atoms with Crippen molar-refractivity contribution in [3.63, 3.8) is 0 Å². The lowest BCUT2D eigenvalue weighted by molar-refractivity contribution is 0.505. The Kier molecular flexibility index (Phi) is 4.15. The molecule has 1 aromatic rings. The van der Waals surface area contributed by atoms with E-state index in [0.717, 1.165) is 12.8 Å². The van der Waals surface area contributed by atoms with E-state index in [-0.39, 0.29) is 0 Å². The molecule has 1 nitrogen and oxygen atoms in total. The van der Waals surface area contributed by atoms with Crippen molar-refractivity contribution in [1.82, 2.24) is 0 Å². The summed E-state index contributed by atoms with van der Waals surface area (Å²) in [6, 6.07) is 9.04. The van der Waals surface area contributed by atoms with Gasteiger partial charge in [0.1, 0.15) is 0 Å². The van der Waals surface area contributed by atoms with E-state index in [2.05, 4.69) is 45.0 Å². The van der Waals surface area contributed by atoms with Crippen LogP contribution in [0, 0.1) is 6.92 Å². The fourth-order valence-electron chi connectivity index (χ4n) is 1.88. The van der Waals surface area contributed by atoms with Crippen molar-refractivity contribution in [3.05, 3.63) is 35.4 Å². The highest BCUT2D eigenvalue weighted by atomic mass is 14.6. The van der Waals surface area contributed by atoms with Gasteiger partial charge in [0.05, 0.1) is 0 Å². The summed E-state index contributed by atoms with van der Waals surface area (Å²) in [7, 11) is 0. The molecule has 0 saturated carbocycles. The van der Waals surface area contributed by atoms with Gasteiger partial charge in [-0.3, -0.25) is 0 Å². The minimum absolute atomic E-state index is 0.294. The van der Waals surface area contributed by atoms with Crippen LogP contribution in [0.15, 0.2) is 24.3 Å². The number of nitrogens with two attached hydrogens (primary N) is 1. The largest absolute Gasteiger partial charge is 0.327 e. The molecule has 0 heterocycles. The second-order valence-electron chi connectivity index (χ2n) is 4.00. The summed E-state index contributed by atoms with van der Waals surface area (Å²) in [5, 5.41) is 0. The maximum absolute atomic E-state index is 6.10. The van der Waals surface area contributed by atoms with Gasteiger partial charge in [-0.05, 0) is 31.2 Å². The van der Waals surface area contributed by atoms with Crippen molar-refractivity contribution in [2.24, 2.45) is 5.73 Å². The topological polar surface area (TPSA) is 26.0 Å². The molecule has 0 saturated heterocycles. The van der Waals surface area contributed by atoms with Crippen molar-refractivity contribution in [2.45, 2.75) is 45.6 Å². The molecule has 2 N–H and O–H groups in total. The first-order valence-corrected chi connectivity index (χ1v) is 5.51. The molecule has 0 spiro atoms. The van der Waals surface area contributed by atoms with Crippen molar-refractivity contribution in [3.8, 4) is 0 Å². The van der Waals surface area contributed by atoms with Gasteiger partial charge in [0.2, 0.25) is 0 Å². The lowest BCUT2D eigenvalue weighted by Crippen LogP contribution is -2.27. The van der Waals surface area contributed by atoms with Gasteiger partial charge in [-0.2, -0.15) is 0 Å². The highest BCUT2D eigenvalue weighted by Crippen LogP contribution is 2.23.